The topological polar surface area (TPSA) is 55.1 Å². The minimum atomic E-state index is 0.0129. The standard InChI is InChI=1S/C13H28N2O/c1-5-8-12(14)9-13(16)15-10(4)11(6-2)7-3/h10-12H,5-9,14H2,1-4H3,(H,15,16). The van der Waals surface area contributed by atoms with E-state index >= 15 is 0 Å². The van der Waals surface area contributed by atoms with E-state index in [0.29, 0.717) is 12.3 Å². The van der Waals surface area contributed by atoms with Gasteiger partial charge in [0.25, 0.3) is 0 Å². The molecule has 0 aliphatic heterocycles. The summed E-state index contributed by atoms with van der Waals surface area (Å²) in [6.07, 6.45) is 4.64. The molecule has 96 valence electrons. The van der Waals surface area contributed by atoms with E-state index in [0.717, 1.165) is 25.7 Å². The van der Waals surface area contributed by atoms with Crippen molar-refractivity contribution < 1.29 is 4.79 Å². The van der Waals surface area contributed by atoms with Crippen LogP contribution >= 0.6 is 0 Å². The first-order chi connectivity index (χ1) is 7.54. The van der Waals surface area contributed by atoms with Crippen molar-refractivity contribution >= 4 is 5.91 Å². The van der Waals surface area contributed by atoms with Crippen molar-refractivity contribution in [1.29, 1.82) is 0 Å². The predicted molar refractivity (Wildman–Crippen MR) is 69.2 cm³/mol. The maximum absolute atomic E-state index is 11.7. The van der Waals surface area contributed by atoms with Crippen LogP contribution in [0.15, 0.2) is 0 Å². The Morgan fingerprint density at radius 3 is 2.25 bits per heavy atom. The number of nitrogens with two attached hydrogens (primary N) is 1. The quantitative estimate of drug-likeness (QED) is 0.670. The largest absolute Gasteiger partial charge is 0.353 e. The van der Waals surface area contributed by atoms with Crippen molar-refractivity contribution in [1.82, 2.24) is 5.32 Å². The predicted octanol–water partition coefficient (Wildman–Crippen LogP) is 2.44. The number of carbonyl (C=O) groups is 1. The fourth-order valence-corrected chi connectivity index (χ4v) is 2.14. The van der Waals surface area contributed by atoms with Crippen LogP contribution < -0.4 is 11.1 Å². The summed E-state index contributed by atoms with van der Waals surface area (Å²) in [6, 6.07) is 0.273. The van der Waals surface area contributed by atoms with Gasteiger partial charge in [-0.2, -0.15) is 0 Å². The lowest BCUT2D eigenvalue weighted by molar-refractivity contribution is -0.122. The summed E-state index contributed by atoms with van der Waals surface area (Å²) in [7, 11) is 0. The van der Waals surface area contributed by atoms with Crippen LogP contribution in [0.2, 0.25) is 0 Å². The molecule has 0 aromatic heterocycles. The minimum Gasteiger partial charge on any atom is -0.353 e. The van der Waals surface area contributed by atoms with Gasteiger partial charge in [-0.05, 0) is 19.3 Å². The third-order valence-corrected chi connectivity index (χ3v) is 3.25. The maximum Gasteiger partial charge on any atom is 0.221 e. The van der Waals surface area contributed by atoms with E-state index in [9.17, 15) is 4.79 Å². The fraction of sp³-hybridized carbons (Fsp3) is 0.923. The number of hydrogen-bond acceptors (Lipinski definition) is 2. The summed E-state index contributed by atoms with van der Waals surface area (Å²) in [4.78, 5) is 11.7. The SMILES string of the molecule is CCCC(N)CC(=O)NC(C)C(CC)CC. The summed E-state index contributed by atoms with van der Waals surface area (Å²) in [5, 5.41) is 3.05. The molecule has 3 N–H and O–H groups in total. The van der Waals surface area contributed by atoms with Gasteiger partial charge in [-0.1, -0.05) is 40.0 Å². The van der Waals surface area contributed by atoms with E-state index in [1.54, 1.807) is 0 Å². The van der Waals surface area contributed by atoms with Crippen molar-refractivity contribution in [2.24, 2.45) is 11.7 Å². The number of rotatable bonds is 8. The van der Waals surface area contributed by atoms with Crippen molar-refractivity contribution in [3.8, 4) is 0 Å². The molecule has 0 radical (unpaired) electrons. The molecule has 0 aromatic carbocycles. The molecule has 0 aromatic rings. The maximum atomic E-state index is 11.7. The number of nitrogens with one attached hydrogen (secondary N) is 1. The van der Waals surface area contributed by atoms with E-state index in [2.05, 4.69) is 33.0 Å². The Morgan fingerprint density at radius 1 is 1.25 bits per heavy atom. The number of hydrogen-bond donors (Lipinski definition) is 2. The summed E-state index contributed by atoms with van der Waals surface area (Å²) in [5.41, 5.74) is 5.84. The zero-order valence-corrected chi connectivity index (χ0v) is 11.3. The number of amides is 1. The first-order valence-corrected chi connectivity index (χ1v) is 6.59. The Labute approximate surface area is 100 Å². The van der Waals surface area contributed by atoms with Gasteiger partial charge in [0.1, 0.15) is 0 Å². The summed E-state index contributed by atoms with van der Waals surface area (Å²) >= 11 is 0. The molecule has 3 heteroatoms. The molecule has 16 heavy (non-hydrogen) atoms. The highest BCUT2D eigenvalue weighted by Crippen LogP contribution is 2.12. The minimum absolute atomic E-state index is 0.0129. The molecule has 3 nitrogen and oxygen atoms in total. The summed E-state index contributed by atoms with van der Waals surface area (Å²) in [5.74, 6) is 0.673. The van der Waals surface area contributed by atoms with Gasteiger partial charge in [-0.3, -0.25) is 4.79 Å². The average molecular weight is 228 g/mol. The highest BCUT2D eigenvalue weighted by molar-refractivity contribution is 5.76. The van der Waals surface area contributed by atoms with Gasteiger partial charge in [-0.15, -0.1) is 0 Å². The van der Waals surface area contributed by atoms with Gasteiger partial charge < -0.3 is 11.1 Å². The van der Waals surface area contributed by atoms with E-state index in [4.69, 9.17) is 5.73 Å². The summed E-state index contributed by atoms with van der Waals surface area (Å²) in [6.45, 7) is 8.50. The van der Waals surface area contributed by atoms with Crippen molar-refractivity contribution in [3.05, 3.63) is 0 Å². The van der Waals surface area contributed by atoms with Crippen molar-refractivity contribution in [3.63, 3.8) is 0 Å². The molecule has 0 rings (SSSR count). The van der Waals surface area contributed by atoms with Crippen LogP contribution in [-0.4, -0.2) is 18.0 Å². The van der Waals surface area contributed by atoms with Crippen LogP contribution in [0.1, 0.15) is 59.8 Å². The Hall–Kier alpha value is -0.570. The van der Waals surface area contributed by atoms with Gasteiger partial charge in [0.2, 0.25) is 5.91 Å². The molecule has 0 spiro atoms. The van der Waals surface area contributed by atoms with Gasteiger partial charge in [0.15, 0.2) is 0 Å². The highest BCUT2D eigenvalue weighted by Gasteiger charge is 2.16. The Bertz CT molecular complexity index is 190. The van der Waals surface area contributed by atoms with Gasteiger partial charge in [0.05, 0.1) is 0 Å². The Balaban J connectivity index is 3.94. The molecule has 0 saturated carbocycles. The normalized spacial score (nSPS) is 14.9. The molecule has 0 aliphatic carbocycles. The molecule has 0 bridgehead atoms. The smallest absolute Gasteiger partial charge is 0.221 e. The monoisotopic (exact) mass is 228 g/mol. The number of carbonyl (C=O) groups excluding carboxylic acids is 1. The first-order valence-electron chi connectivity index (χ1n) is 6.59. The third kappa shape index (κ3) is 6.11. The molecular weight excluding hydrogens is 200 g/mol. The molecule has 0 saturated heterocycles. The molecular formula is C13H28N2O. The average Bonchev–Trinajstić information content (AvgIpc) is 2.19. The zero-order valence-electron chi connectivity index (χ0n) is 11.3. The van der Waals surface area contributed by atoms with Crippen LogP contribution in [0.3, 0.4) is 0 Å². The first kappa shape index (κ1) is 15.4. The molecule has 1 amide bonds. The van der Waals surface area contributed by atoms with Gasteiger partial charge in [-0.25, -0.2) is 0 Å². The second-order valence-electron chi connectivity index (χ2n) is 4.69. The van der Waals surface area contributed by atoms with Gasteiger partial charge in [0, 0.05) is 18.5 Å². The highest BCUT2D eigenvalue weighted by atomic mass is 16.1. The van der Waals surface area contributed by atoms with Crippen molar-refractivity contribution in [2.75, 3.05) is 0 Å². The second-order valence-corrected chi connectivity index (χ2v) is 4.69. The molecule has 0 aliphatic rings. The summed E-state index contributed by atoms with van der Waals surface area (Å²) < 4.78 is 0. The molecule has 2 atom stereocenters. The third-order valence-electron chi connectivity index (χ3n) is 3.25. The van der Waals surface area contributed by atoms with E-state index in [1.165, 1.54) is 0 Å². The van der Waals surface area contributed by atoms with Crippen LogP contribution in [0.25, 0.3) is 0 Å². The second kappa shape index (κ2) is 8.57. The Morgan fingerprint density at radius 2 is 1.81 bits per heavy atom. The molecule has 0 fully saturated rings. The van der Waals surface area contributed by atoms with E-state index in [-0.39, 0.29) is 18.0 Å². The van der Waals surface area contributed by atoms with Crippen LogP contribution in [-0.2, 0) is 4.79 Å². The van der Waals surface area contributed by atoms with Gasteiger partial charge >= 0.3 is 0 Å². The van der Waals surface area contributed by atoms with Crippen molar-refractivity contribution in [2.45, 2.75) is 71.9 Å². The lowest BCUT2D eigenvalue weighted by Gasteiger charge is -2.23. The van der Waals surface area contributed by atoms with E-state index < -0.39 is 0 Å². The Kier molecular flexibility index (Phi) is 8.26. The van der Waals surface area contributed by atoms with Crippen LogP contribution in [0, 0.1) is 5.92 Å². The zero-order chi connectivity index (χ0) is 12.6. The molecule has 0 heterocycles. The van der Waals surface area contributed by atoms with Crippen LogP contribution in [0.4, 0.5) is 0 Å². The van der Waals surface area contributed by atoms with E-state index in [1.807, 2.05) is 0 Å². The lowest BCUT2D eigenvalue weighted by Crippen LogP contribution is -2.40. The molecule has 2 unspecified atom stereocenters. The fourth-order valence-electron chi connectivity index (χ4n) is 2.14. The van der Waals surface area contributed by atoms with Crippen LogP contribution in [0.5, 0.6) is 0 Å². The lowest BCUT2D eigenvalue weighted by atomic mass is 9.95.